The summed E-state index contributed by atoms with van der Waals surface area (Å²) in [6.45, 7) is -0.901. The van der Waals surface area contributed by atoms with Crippen LogP contribution in [0.25, 0.3) is 0 Å². The van der Waals surface area contributed by atoms with E-state index in [0.717, 1.165) is 17.1 Å². The van der Waals surface area contributed by atoms with Crippen LogP contribution < -0.4 is 21.3 Å². The number of ether oxygens (including phenoxy) is 1. The lowest BCUT2D eigenvalue weighted by atomic mass is 10.0. The fraction of sp³-hybridized carbons (Fsp3) is 0.290. The number of carbonyl (C=O) groups is 8. The van der Waals surface area contributed by atoms with Crippen molar-refractivity contribution in [3.8, 4) is 0 Å². The Kier molecular flexibility index (Phi) is 13.3. The molecule has 1 heterocycles. The minimum Gasteiger partial charge on any atom is -0.481 e. The van der Waals surface area contributed by atoms with Gasteiger partial charge in [-0.2, -0.15) is 0 Å². The highest BCUT2D eigenvalue weighted by Crippen LogP contribution is 2.12. The predicted octanol–water partition coefficient (Wildman–Crippen LogP) is -1.22. The van der Waals surface area contributed by atoms with E-state index in [9.17, 15) is 48.6 Å². The first-order chi connectivity index (χ1) is 22.5. The lowest BCUT2D eigenvalue weighted by molar-refractivity contribution is -0.140. The number of aliphatic hydroxyl groups is 1. The molecule has 6 amide bonds. The molecular weight excluding hydrogens is 618 g/mol. The number of benzene rings is 2. The number of nitrogens with zero attached hydrogens (tertiary/aromatic N) is 1. The first-order valence-corrected chi connectivity index (χ1v) is 14.3. The van der Waals surface area contributed by atoms with Gasteiger partial charge in [0.05, 0.1) is 13.0 Å². The minimum atomic E-state index is -1.65. The van der Waals surface area contributed by atoms with Crippen molar-refractivity contribution in [2.45, 2.75) is 44.0 Å². The number of aliphatic hydroxyl groups excluding tert-OH is 1. The molecule has 0 unspecified atom stereocenters. The van der Waals surface area contributed by atoms with E-state index in [-0.39, 0.29) is 38.2 Å². The van der Waals surface area contributed by atoms with Gasteiger partial charge in [-0.25, -0.2) is 0 Å². The molecule has 16 heteroatoms. The minimum absolute atomic E-state index is 0.00207. The Hall–Kier alpha value is -5.90. The van der Waals surface area contributed by atoms with Gasteiger partial charge in [-0.15, -0.1) is 0 Å². The van der Waals surface area contributed by atoms with Crippen molar-refractivity contribution in [1.82, 2.24) is 20.9 Å². The zero-order valence-electron chi connectivity index (χ0n) is 24.9. The molecule has 2 aromatic carbocycles. The van der Waals surface area contributed by atoms with Crippen molar-refractivity contribution in [1.29, 1.82) is 0 Å². The molecule has 0 aliphatic carbocycles. The standard InChI is InChI=1S/C31H33N5O11/c37-16-24(31(46)34-23(15-28(42)43)29(44)32-21-8-6-20(7-9-21)17-47-18-38)35-30(45)22(14-19-4-2-1-3-5-19)33-25(39)12-13-36-26(40)10-11-27(36)41/h1-11,18,22-24,37H,12-17H2,(H,32,44)(H,33,39)(H,34,46)(H,35,45)(H,42,43)/t22-,23-,24-/m0/s1. The van der Waals surface area contributed by atoms with Crippen LogP contribution in [-0.2, 0) is 56.1 Å². The Morgan fingerprint density at radius 3 is 2.00 bits per heavy atom. The second-order valence-corrected chi connectivity index (χ2v) is 10.2. The van der Waals surface area contributed by atoms with Gasteiger partial charge in [-0.3, -0.25) is 43.3 Å². The van der Waals surface area contributed by atoms with E-state index < -0.39 is 72.6 Å². The number of imide groups is 1. The van der Waals surface area contributed by atoms with Crippen molar-refractivity contribution in [2.75, 3.05) is 18.5 Å². The summed E-state index contributed by atoms with van der Waals surface area (Å²) in [7, 11) is 0. The summed E-state index contributed by atoms with van der Waals surface area (Å²) in [5.74, 6) is -6.12. The number of rotatable bonds is 18. The number of hydrogen-bond donors (Lipinski definition) is 6. The number of hydrogen-bond acceptors (Lipinski definition) is 10. The van der Waals surface area contributed by atoms with Crippen LogP contribution in [0.2, 0.25) is 0 Å². The van der Waals surface area contributed by atoms with E-state index in [0.29, 0.717) is 11.1 Å². The molecule has 6 N–H and O–H groups in total. The Labute approximate surface area is 268 Å². The third-order valence-electron chi connectivity index (χ3n) is 6.76. The van der Waals surface area contributed by atoms with Crippen molar-refractivity contribution >= 4 is 53.6 Å². The maximum atomic E-state index is 13.3. The number of carboxylic acid groups (broad SMARTS) is 1. The summed E-state index contributed by atoms with van der Waals surface area (Å²) >= 11 is 0. The lowest BCUT2D eigenvalue weighted by Gasteiger charge is -2.24. The van der Waals surface area contributed by atoms with E-state index >= 15 is 0 Å². The molecule has 2 aromatic rings. The normalized spacial score (nSPS) is 14.0. The molecule has 47 heavy (non-hydrogen) atoms. The van der Waals surface area contributed by atoms with E-state index in [1.165, 1.54) is 12.1 Å². The number of amides is 6. The number of carboxylic acids is 1. The van der Waals surface area contributed by atoms with Crippen LogP contribution in [0.3, 0.4) is 0 Å². The average Bonchev–Trinajstić information content (AvgIpc) is 3.37. The van der Waals surface area contributed by atoms with E-state index in [1.807, 2.05) is 0 Å². The van der Waals surface area contributed by atoms with Crippen LogP contribution in [0, 0.1) is 0 Å². The van der Waals surface area contributed by atoms with Crippen LogP contribution >= 0.6 is 0 Å². The Morgan fingerprint density at radius 1 is 0.787 bits per heavy atom. The molecule has 0 radical (unpaired) electrons. The summed E-state index contributed by atoms with van der Waals surface area (Å²) in [4.78, 5) is 98.3. The highest BCUT2D eigenvalue weighted by Gasteiger charge is 2.31. The first kappa shape index (κ1) is 35.6. The quantitative estimate of drug-likeness (QED) is 0.0825. The van der Waals surface area contributed by atoms with Crippen LogP contribution in [0.1, 0.15) is 24.0 Å². The SMILES string of the molecule is O=COCc1ccc(NC(=O)[C@H](CC(=O)O)NC(=O)[C@H](CO)NC(=O)[C@H](Cc2ccccc2)NC(=O)CCN2C(=O)C=CC2=O)cc1. The summed E-state index contributed by atoms with van der Waals surface area (Å²) in [5.41, 5.74) is 1.49. The molecule has 3 rings (SSSR count). The molecule has 0 spiro atoms. The van der Waals surface area contributed by atoms with Crippen LogP contribution in [0.4, 0.5) is 5.69 Å². The van der Waals surface area contributed by atoms with Gasteiger partial charge < -0.3 is 36.2 Å². The van der Waals surface area contributed by atoms with Crippen molar-refractivity contribution in [2.24, 2.45) is 0 Å². The van der Waals surface area contributed by atoms with Gasteiger partial charge in [0, 0.05) is 37.2 Å². The predicted molar refractivity (Wildman–Crippen MR) is 162 cm³/mol. The number of nitrogens with one attached hydrogen (secondary N) is 4. The molecule has 1 aliphatic heterocycles. The molecule has 1 aliphatic rings. The van der Waals surface area contributed by atoms with Crippen molar-refractivity contribution in [3.05, 3.63) is 77.9 Å². The number of carbonyl (C=O) groups excluding carboxylic acids is 7. The average molecular weight is 652 g/mol. The zero-order valence-corrected chi connectivity index (χ0v) is 24.9. The van der Waals surface area contributed by atoms with Crippen molar-refractivity contribution in [3.63, 3.8) is 0 Å². The van der Waals surface area contributed by atoms with Gasteiger partial charge >= 0.3 is 5.97 Å². The highest BCUT2D eigenvalue weighted by molar-refractivity contribution is 6.13. The third kappa shape index (κ3) is 11.2. The van der Waals surface area contributed by atoms with Gasteiger partial charge in [0.15, 0.2) is 0 Å². The topological polar surface area (TPSA) is 238 Å². The molecule has 3 atom stereocenters. The molecule has 16 nitrogen and oxygen atoms in total. The first-order valence-electron chi connectivity index (χ1n) is 14.3. The molecular formula is C31H33N5O11. The molecule has 0 fully saturated rings. The molecule has 0 saturated heterocycles. The number of anilines is 1. The summed E-state index contributed by atoms with van der Waals surface area (Å²) in [6.07, 6.45) is 0.957. The van der Waals surface area contributed by atoms with Gasteiger partial charge in [-0.1, -0.05) is 42.5 Å². The van der Waals surface area contributed by atoms with E-state index in [1.54, 1.807) is 42.5 Å². The van der Waals surface area contributed by atoms with Gasteiger partial charge in [0.2, 0.25) is 23.6 Å². The van der Waals surface area contributed by atoms with E-state index in [4.69, 9.17) is 0 Å². The summed E-state index contributed by atoms with van der Waals surface area (Å²) in [5, 5.41) is 28.8. The molecule has 0 bridgehead atoms. The second-order valence-electron chi connectivity index (χ2n) is 10.2. The van der Waals surface area contributed by atoms with Crippen molar-refractivity contribution < 1.29 is 53.3 Å². The Balaban J connectivity index is 1.67. The summed E-state index contributed by atoms with van der Waals surface area (Å²) in [6, 6.07) is 10.0. The molecule has 0 aromatic heterocycles. The Bertz CT molecular complexity index is 1490. The lowest BCUT2D eigenvalue weighted by Crippen LogP contribution is -2.58. The smallest absolute Gasteiger partial charge is 0.305 e. The number of aliphatic carboxylic acids is 1. The van der Waals surface area contributed by atoms with E-state index in [2.05, 4.69) is 26.0 Å². The monoisotopic (exact) mass is 651 g/mol. The fourth-order valence-corrected chi connectivity index (χ4v) is 4.36. The van der Waals surface area contributed by atoms with Gasteiger partial charge in [0.25, 0.3) is 18.3 Å². The maximum Gasteiger partial charge on any atom is 0.305 e. The van der Waals surface area contributed by atoms with Gasteiger partial charge in [0.1, 0.15) is 24.7 Å². The fourth-order valence-electron chi connectivity index (χ4n) is 4.36. The second kappa shape index (κ2) is 17.6. The summed E-state index contributed by atoms with van der Waals surface area (Å²) < 4.78 is 4.65. The zero-order chi connectivity index (χ0) is 34.3. The molecule has 0 saturated carbocycles. The van der Waals surface area contributed by atoms with Crippen LogP contribution in [0.15, 0.2) is 66.7 Å². The largest absolute Gasteiger partial charge is 0.481 e. The maximum absolute atomic E-state index is 13.3. The molecule has 248 valence electrons. The van der Waals surface area contributed by atoms with Crippen LogP contribution in [0.5, 0.6) is 0 Å². The van der Waals surface area contributed by atoms with Gasteiger partial charge in [-0.05, 0) is 23.3 Å². The van der Waals surface area contributed by atoms with Crippen LogP contribution in [-0.4, -0.2) is 94.3 Å². The third-order valence-corrected chi connectivity index (χ3v) is 6.76. The highest BCUT2D eigenvalue weighted by atomic mass is 16.5. The Morgan fingerprint density at radius 2 is 1.40 bits per heavy atom.